The molecular weight excluding hydrogens is 420 g/mol. The third kappa shape index (κ3) is 12.2. The van der Waals surface area contributed by atoms with E-state index in [-0.39, 0.29) is 5.97 Å². The van der Waals surface area contributed by atoms with Gasteiger partial charge in [-0.3, -0.25) is 0 Å². The molecule has 1 unspecified atom stereocenters. The van der Waals surface area contributed by atoms with Gasteiger partial charge in [0.05, 0.1) is 27.4 Å². The molecule has 0 spiro atoms. The van der Waals surface area contributed by atoms with Gasteiger partial charge < -0.3 is 18.9 Å². The maximum absolute atomic E-state index is 11.7. The molecule has 6 nitrogen and oxygen atoms in total. The smallest absolute Gasteiger partial charge is 0.333 e. The van der Waals surface area contributed by atoms with Gasteiger partial charge in [-0.05, 0) is 55.9 Å². The maximum atomic E-state index is 11.7. The van der Waals surface area contributed by atoms with Crippen molar-refractivity contribution in [3.63, 3.8) is 0 Å². The highest BCUT2D eigenvalue weighted by atomic mass is 16.5. The molecule has 184 valence electrons. The summed E-state index contributed by atoms with van der Waals surface area (Å²) in [6, 6.07) is 5.54. The second kappa shape index (κ2) is 16.8. The lowest BCUT2D eigenvalue weighted by Crippen LogP contribution is -2.15. The van der Waals surface area contributed by atoms with Crippen LogP contribution in [0.5, 0.6) is 11.5 Å². The highest BCUT2D eigenvalue weighted by Gasteiger charge is 2.12. The molecule has 1 rings (SSSR count). The number of hydrogen-bond acceptors (Lipinski definition) is 6. The fourth-order valence-corrected chi connectivity index (χ4v) is 3.33. The predicted octanol–water partition coefficient (Wildman–Crippen LogP) is 6.14. The molecule has 0 fully saturated rings. The van der Waals surface area contributed by atoms with Crippen molar-refractivity contribution in [2.75, 3.05) is 27.4 Å². The first kappa shape index (κ1) is 28.3. The standard InChI is InChI=1S/C27H40O6/c1-6-7-12-23(20-33-27(29)21(2)3)13-10-8-9-11-18-32-24-16-14-22(19-25(24)30-4)15-17-26(28)31-5/h14-17,19,23H,2,6-13,18,20H2,1,3-5H3/b17-15+. The summed E-state index contributed by atoms with van der Waals surface area (Å²) in [5, 5.41) is 0. The number of benzene rings is 1. The quantitative estimate of drug-likeness (QED) is 0.158. The summed E-state index contributed by atoms with van der Waals surface area (Å²) >= 11 is 0. The molecule has 0 bridgehead atoms. The monoisotopic (exact) mass is 460 g/mol. The predicted molar refractivity (Wildman–Crippen MR) is 131 cm³/mol. The highest BCUT2D eigenvalue weighted by molar-refractivity contribution is 5.87. The molecule has 0 amide bonds. The van der Waals surface area contributed by atoms with Crippen LogP contribution in [0.3, 0.4) is 0 Å². The van der Waals surface area contributed by atoms with E-state index in [9.17, 15) is 9.59 Å². The SMILES string of the molecule is C=C(C)C(=O)OCC(CCCC)CCCCCCOc1ccc(/C=C/C(=O)OC)cc1OC. The Morgan fingerprint density at radius 3 is 2.42 bits per heavy atom. The zero-order chi connectivity index (χ0) is 24.5. The summed E-state index contributed by atoms with van der Waals surface area (Å²) in [7, 11) is 2.94. The number of carbonyl (C=O) groups excluding carboxylic acids is 2. The third-order valence-electron chi connectivity index (χ3n) is 5.33. The lowest BCUT2D eigenvalue weighted by molar-refractivity contribution is -0.140. The van der Waals surface area contributed by atoms with Crippen LogP contribution in [0.2, 0.25) is 0 Å². The van der Waals surface area contributed by atoms with Gasteiger partial charge in [-0.2, -0.15) is 0 Å². The molecule has 0 heterocycles. The van der Waals surface area contributed by atoms with E-state index in [2.05, 4.69) is 18.2 Å². The number of hydrogen-bond donors (Lipinski definition) is 0. The molecule has 1 aromatic rings. The minimum absolute atomic E-state index is 0.295. The first-order chi connectivity index (χ1) is 15.9. The Morgan fingerprint density at radius 2 is 1.76 bits per heavy atom. The van der Waals surface area contributed by atoms with Crippen molar-refractivity contribution in [1.29, 1.82) is 0 Å². The van der Waals surface area contributed by atoms with Crippen molar-refractivity contribution in [3.05, 3.63) is 42.0 Å². The Balaban J connectivity index is 2.35. The molecule has 0 aliphatic heterocycles. The molecule has 0 saturated carbocycles. The third-order valence-corrected chi connectivity index (χ3v) is 5.33. The minimum atomic E-state index is -0.404. The average Bonchev–Trinajstić information content (AvgIpc) is 2.82. The minimum Gasteiger partial charge on any atom is -0.493 e. The molecule has 0 aliphatic rings. The van der Waals surface area contributed by atoms with E-state index in [1.807, 2.05) is 18.2 Å². The van der Waals surface area contributed by atoms with Gasteiger partial charge in [0.1, 0.15) is 0 Å². The van der Waals surface area contributed by atoms with E-state index < -0.39 is 5.97 Å². The number of rotatable bonds is 17. The van der Waals surface area contributed by atoms with E-state index in [0.717, 1.165) is 56.9 Å². The van der Waals surface area contributed by atoms with Crippen LogP contribution in [0.4, 0.5) is 0 Å². The molecular formula is C27H40O6. The molecule has 1 aromatic carbocycles. The number of ether oxygens (including phenoxy) is 4. The van der Waals surface area contributed by atoms with Gasteiger partial charge in [0.15, 0.2) is 11.5 Å². The van der Waals surface area contributed by atoms with Crippen molar-refractivity contribution in [2.45, 2.75) is 65.2 Å². The summed E-state index contributed by atoms with van der Waals surface area (Å²) < 4.78 is 21.3. The van der Waals surface area contributed by atoms with E-state index >= 15 is 0 Å². The van der Waals surface area contributed by atoms with Gasteiger partial charge in [-0.25, -0.2) is 9.59 Å². The second-order valence-electron chi connectivity index (χ2n) is 8.21. The van der Waals surface area contributed by atoms with E-state index in [4.69, 9.17) is 14.2 Å². The van der Waals surface area contributed by atoms with E-state index in [0.29, 0.717) is 36.2 Å². The Labute approximate surface area is 198 Å². The lowest BCUT2D eigenvalue weighted by Gasteiger charge is -2.17. The largest absolute Gasteiger partial charge is 0.493 e. The summed E-state index contributed by atoms with van der Waals surface area (Å²) in [6.07, 6.45) is 11.8. The Kier molecular flexibility index (Phi) is 14.4. The zero-order valence-electron chi connectivity index (χ0n) is 20.7. The van der Waals surface area contributed by atoms with Crippen LogP contribution in [-0.4, -0.2) is 39.4 Å². The van der Waals surface area contributed by atoms with Gasteiger partial charge in [0.2, 0.25) is 0 Å². The summed E-state index contributed by atoms with van der Waals surface area (Å²) in [5.74, 6) is 1.03. The first-order valence-electron chi connectivity index (χ1n) is 11.8. The van der Waals surface area contributed by atoms with E-state index in [1.54, 1.807) is 20.1 Å². The molecule has 0 N–H and O–H groups in total. The fraction of sp³-hybridized carbons (Fsp3) is 0.556. The van der Waals surface area contributed by atoms with Crippen molar-refractivity contribution in [1.82, 2.24) is 0 Å². The van der Waals surface area contributed by atoms with Gasteiger partial charge >= 0.3 is 11.9 Å². The normalized spacial score (nSPS) is 11.8. The number of esters is 2. The summed E-state index contributed by atoms with van der Waals surface area (Å²) in [6.45, 7) is 8.60. The van der Waals surface area contributed by atoms with Crippen molar-refractivity contribution in [2.24, 2.45) is 5.92 Å². The van der Waals surface area contributed by atoms with Crippen LogP contribution in [0, 0.1) is 5.92 Å². The van der Waals surface area contributed by atoms with Gasteiger partial charge in [-0.1, -0.05) is 51.7 Å². The molecule has 0 aromatic heterocycles. The molecule has 33 heavy (non-hydrogen) atoms. The summed E-state index contributed by atoms with van der Waals surface area (Å²) in [4.78, 5) is 22.9. The maximum Gasteiger partial charge on any atom is 0.333 e. The van der Waals surface area contributed by atoms with E-state index in [1.165, 1.54) is 13.2 Å². The number of unbranched alkanes of at least 4 members (excludes halogenated alkanes) is 4. The van der Waals surface area contributed by atoms with Crippen molar-refractivity contribution < 1.29 is 28.5 Å². The second-order valence-corrected chi connectivity index (χ2v) is 8.21. The van der Waals surface area contributed by atoms with Crippen LogP contribution < -0.4 is 9.47 Å². The van der Waals surface area contributed by atoms with Gasteiger partial charge in [0.25, 0.3) is 0 Å². The summed E-state index contributed by atoms with van der Waals surface area (Å²) in [5.41, 5.74) is 1.28. The average molecular weight is 461 g/mol. The lowest BCUT2D eigenvalue weighted by atomic mass is 9.96. The van der Waals surface area contributed by atoms with Crippen molar-refractivity contribution >= 4 is 18.0 Å². The Morgan fingerprint density at radius 1 is 1.03 bits per heavy atom. The van der Waals surface area contributed by atoms with Gasteiger partial charge in [-0.15, -0.1) is 0 Å². The fourth-order valence-electron chi connectivity index (χ4n) is 3.33. The topological polar surface area (TPSA) is 71.1 Å². The van der Waals surface area contributed by atoms with Crippen LogP contribution in [0.15, 0.2) is 36.4 Å². The Hall–Kier alpha value is -2.76. The zero-order valence-corrected chi connectivity index (χ0v) is 20.7. The van der Waals surface area contributed by atoms with Crippen LogP contribution in [0.1, 0.15) is 70.8 Å². The molecule has 0 saturated heterocycles. The van der Waals surface area contributed by atoms with Crippen LogP contribution in [-0.2, 0) is 19.1 Å². The molecule has 0 radical (unpaired) electrons. The van der Waals surface area contributed by atoms with Crippen LogP contribution in [0.25, 0.3) is 6.08 Å². The molecule has 6 heteroatoms. The van der Waals surface area contributed by atoms with Gasteiger partial charge in [0, 0.05) is 11.6 Å². The molecule has 0 aliphatic carbocycles. The Bertz CT molecular complexity index is 768. The first-order valence-corrected chi connectivity index (χ1v) is 11.8. The van der Waals surface area contributed by atoms with Crippen LogP contribution >= 0.6 is 0 Å². The number of methoxy groups -OCH3 is 2. The van der Waals surface area contributed by atoms with Crippen molar-refractivity contribution in [3.8, 4) is 11.5 Å². The highest BCUT2D eigenvalue weighted by Crippen LogP contribution is 2.29. The molecule has 1 atom stereocenters. The number of carbonyl (C=O) groups is 2.